The Bertz CT molecular complexity index is 282. The molecule has 2 aliphatic rings. The third kappa shape index (κ3) is 1.13. The van der Waals surface area contributed by atoms with E-state index in [1.165, 1.54) is 4.90 Å². The third-order valence-electron chi connectivity index (χ3n) is 3.30. The quantitative estimate of drug-likeness (QED) is 0.683. The molecular formula is C10H16N2O2. The molecule has 0 bridgehead atoms. The van der Waals surface area contributed by atoms with Crippen LogP contribution in [-0.2, 0) is 4.79 Å². The zero-order chi connectivity index (χ0) is 10.3. The van der Waals surface area contributed by atoms with Crippen LogP contribution in [0.5, 0.6) is 0 Å². The van der Waals surface area contributed by atoms with E-state index in [0.29, 0.717) is 6.54 Å². The van der Waals surface area contributed by atoms with Gasteiger partial charge < -0.3 is 5.32 Å². The van der Waals surface area contributed by atoms with Crippen molar-refractivity contribution in [1.82, 2.24) is 10.2 Å². The average molecular weight is 196 g/mol. The highest BCUT2D eigenvalue weighted by molar-refractivity contribution is 6.00. The number of urea groups is 1. The lowest BCUT2D eigenvalue weighted by atomic mass is 9.67. The van der Waals surface area contributed by atoms with Crippen LogP contribution >= 0.6 is 0 Å². The van der Waals surface area contributed by atoms with Crippen LogP contribution in [0, 0.1) is 5.41 Å². The number of carbonyl (C=O) groups is 2. The van der Waals surface area contributed by atoms with Crippen LogP contribution in [0.3, 0.4) is 0 Å². The Morgan fingerprint density at radius 1 is 1.36 bits per heavy atom. The molecule has 2 fully saturated rings. The number of hydrogen-bond acceptors (Lipinski definition) is 2. The summed E-state index contributed by atoms with van der Waals surface area (Å²) >= 11 is 0. The number of amides is 3. The summed E-state index contributed by atoms with van der Waals surface area (Å²) in [6.07, 6.45) is 2.96. The van der Waals surface area contributed by atoms with Crippen molar-refractivity contribution in [2.45, 2.75) is 39.2 Å². The average Bonchev–Trinajstić information content (AvgIpc) is 2.00. The van der Waals surface area contributed by atoms with Crippen molar-refractivity contribution < 1.29 is 9.59 Å². The van der Waals surface area contributed by atoms with Crippen LogP contribution in [0.1, 0.15) is 33.1 Å². The fourth-order valence-corrected chi connectivity index (χ4v) is 2.22. The molecule has 0 atom stereocenters. The Balaban J connectivity index is 2.22. The van der Waals surface area contributed by atoms with E-state index in [-0.39, 0.29) is 23.4 Å². The first-order valence-electron chi connectivity index (χ1n) is 5.18. The summed E-state index contributed by atoms with van der Waals surface area (Å²) in [5.41, 5.74) is -0.252. The van der Waals surface area contributed by atoms with Crippen molar-refractivity contribution in [3.8, 4) is 0 Å². The normalized spacial score (nSPS) is 25.2. The lowest BCUT2D eigenvalue weighted by Crippen LogP contribution is -2.64. The number of hydrogen-bond donors (Lipinski definition) is 1. The van der Waals surface area contributed by atoms with E-state index in [2.05, 4.69) is 5.32 Å². The van der Waals surface area contributed by atoms with E-state index < -0.39 is 0 Å². The summed E-state index contributed by atoms with van der Waals surface area (Å²) in [7, 11) is 0. The predicted molar refractivity (Wildman–Crippen MR) is 51.7 cm³/mol. The predicted octanol–water partition coefficient (Wildman–Crippen LogP) is 1.12. The van der Waals surface area contributed by atoms with Crippen molar-refractivity contribution in [1.29, 1.82) is 0 Å². The molecule has 0 radical (unpaired) electrons. The van der Waals surface area contributed by atoms with E-state index in [1.54, 1.807) is 0 Å². The molecule has 2 rings (SSSR count). The summed E-state index contributed by atoms with van der Waals surface area (Å²) in [6, 6.07) is -0.275. The van der Waals surface area contributed by atoms with Gasteiger partial charge >= 0.3 is 6.03 Å². The fraction of sp³-hybridized carbons (Fsp3) is 0.800. The molecule has 3 amide bonds. The van der Waals surface area contributed by atoms with Gasteiger partial charge in [-0.25, -0.2) is 4.79 Å². The fourth-order valence-electron chi connectivity index (χ4n) is 2.22. The van der Waals surface area contributed by atoms with Gasteiger partial charge in [-0.3, -0.25) is 9.69 Å². The van der Waals surface area contributed by atoms with E-state index in [1.807, 2.05) is 13.8 Å². The van der Waals surface area contributed by atoms with E-state index in [0.717, 1.165) is 19.3 Å². The number of nitrogens with one attached hydrogen (secondary N) is 1. The zero-order valence-electron chi connectivity index (χ0n) is 8.67. The summed E-state index contributed by atoms with van der Waals surface area (Å²) in [6.45, 7) is 4.28. The Morgan fingerprint density at radius 3 is 2.43 bits per heavy atom. The summed E-state index contributed by atoms with van der Waals surface area (Å²) in [5.74, 6) is 0.0301. The van der Waals surface area contributed by atoms with Gasteiger partial charge in [0.25, 0.3) is 0 Å². The van der Waals surface area contributed by atoms with Gasteiger partial charge in [0.1, 0.15) is 0 Å². The van der Waals surface area contributed by atoms with Gasteiger partial charge in [-0.05, 0) is 26.7 Å². The second kappa shape index (κ2) is 2.97. The Labute approximate surface area is 83.6 Å². The molecule has 14 heavy (non-hydrogen) atoms. The molecule has 1 saturated heterocycles. The van der Waals surface area contributed by atoms with E-state index in [9.17, 15) is 9.59 Å². The minimum atomic E-state index is -0.252. The molecule has 0 aromatic heterocycles. The van der Waals surface area contributed by atoms with E-state index >= 15 is 0 Å². The van der Waals surface area contributed by atoms with Crippen molar-refractivity contribution >= 4 is 11.9 Å². The molecule has 1 N–H and O–H groups in total. The van der Waals surface area contributed by atoms with Gasteiger partial charge in [-0.1, -0.05) is 6.42 Å². The first kappa shape index (κ1) is 9.49. The van der Waals surface area contributed by atoms with Crippen LogP contribution in [0.4, 0.5) is 4.79 Å². The minimum absolute atomic E-state index is 0.0301. The Morgan fingerprint density at radius 2 is 2.00 bits per heavy atom. The Hall–Kier alpha value is -1.06. The maximum absolute atomic E-state index is 12.0. The van der Waals surface area contributed by atoms with Crippen molar-refractivity contribution in [3.05, 3.63) is 0 Å². The van der Waals surface area contributed by atoms with Crippen LogP contribution in [0.2, 0.25) is 0 Å². The lowest BCUT2D eigenvalue weighted by molar-refractivity contribution is -0.147. The first-order valence-corrected chi connectivity index (χ1v) is 5.18. The zero-order valence-corrected chi connectivity index (χ0v) is 8.67. The molecule has 1 aliphatic carbocycles. The highest BCUT2D eigenvalue weighted by atomic mass is 16.2. The van der Waals surface area contributed by atoms with Gasteiger partial charge in [0.05, 0.1) is 5.41 Å². The smallest absolute Gasteiger partial charge is 0.324 e. The molecule has 1 saturated carbocycles. The van der Waals surface area contributed by atoms with Crippen LogP contribution in [-0.4, -0.2) is 29.4 Å². The van der Waals surface area contributed by atoms with Crippen molar-refractivity contribution in [2.24, 2.45) is 5.41 Å². The van der Waals surface area contributed by atoms with E-state index in [4.69, 9.17) is 0 Å². The van der Waals surface area contributed by atoms with Crippen LogP contribution in [0.15, 0.2) is 0 Å². The standard InChI is InChI=1S/C10H16N2O2/c1-7(2)12-8(13)10(4-3-5-10)6-11-9(12)14/h7H,3-6H2,1-2H3,(H,11,14). The summed E-state index contributed by atoms with van der Waals surface area (Å²) < 4.78 is 0. The number of rotatable bonds is 1. The maximum atomic E-state index is 12.0. The molecule has 0 aromatic rings. The van der Waals surface area contributed by atoms with Crippen molar-refractivity contribution in [2.75, 3.05) is 6.54 Å². The first-order chi connectivity index (χ1) is 6.57. The van der Waals surface area contributed by atoms with Gasteiger partial charge in [-0.15, -0.1) is 0 Å². The minimum Gasteiger partial charge on any atom is -0.337 e. The molecule has 0 aromatic carbocycles. The van der Waals surface area contributed by atoms with Gasteiger partial charge in [0.15, 0.2) is 0 Å². The number of nitrogens with zero attached hydrogens (tertiary/aromatic N) is 1. The molecule has 1 heterocycles. The topological polar surface area (TPSA) is 49.4 Å². The van der Waals surface area contributed by atoms with Crippen LogP contribution < -0.4 is 5.32 Å². The van der Waals surface area contributed by atoms with Gasteiger partial charge in [0.2, 0.25) is 5.91 Å². The molecular weight excluding hydrogens is 180 g/mol. The van der Waals surface area contributed by atoms with Crippen LogP contribution in [0.25, 0.3) is 0 Å². The number of imide groups is 1. The summed E-state index contributed by atoms with van der Waals surface area (Å²) in [4.78, 5) is 24.9. The largest absolute Gasteiger partial charge is 0.337 e. The highest BCUT2D eigenvalue weighted by Crippen LogP contribution is 2.43. The molecule has 1 aliphatic heterocycles. The van der Waals surface area contributed by atoms with Crippen molar-refractivity contribution in [3.63, 3.8) is 0 Å². The Kier molecular flexibility index (Phi) is 2.01. The molecule has 0 unspecified atom stereocenters. The SMILES string of the molecule is CC(C)N1C(=O)NCC2(CCC2)C1=O. The van der Waals surface area contributed by atoms with Gasteiger partial charge in [0, 0.05) is 12.6 Å². The maximum Gasteiger partial charge on any atom is 0.324 e. The molecule has 78 valence electrons. The second-order valence-corrected chi connectivity index (χ2v) is 4.56. The lowest BCUT2D eigenvalue weighted by Gasteiger charge is -2.47. The second-order valence-electron chi connectivity index (χ2n) is 4.56. The molecule has 4 heteroatoms. The molecule has 1 spiro atoms. The number of carbonyl (C=O) groups excluding carboxylic acids is 2. The molecule has 4 nitrogen and oxygen atoms in total. The highest BCUT2D eigenvalue weighted by Gasteiger charge is 2.51. The monoisotopic (exact) mass is 196 g/mol. The van der Waals surface area contributed by atoms with Gasteiger partial charge in [-0.2, -0.15) is 0 Å². The third-order valence-corrected chi connectivity index (χ3v) is 3.30. The summed E-state index contributed by atoms with van der Waals surface area (Å²) in [5, 5.41) is 2.80.